The Balaban J connectivity index is 1.60. The fourth-order valence-corrected chi connectivity index (χ4v) is 4.17. The van der Waals surface area contributed by atoms with Crippen molar-refractivity contribution in [3.05, 3.63) is 70.9 Å². The molecule has 0 aliphatic carbocycles. The molecule has 1 aliphatic rings. The number of nitrogens with zero attached hydrogens (tertiary/aromatic N) is 1. The van der Waals surface area contributed by atoms with Gasteiger partial charge >= 0.3 is 12.1 Å². The van der Waals surface area contributed by atoms with Crippen molar-refractivity contribution in [2.24, 2.45) is 0 Å². The minimum Gasteiger partial charge on any atom is -0.493 e. The molecule has 1 atom stereocenters. The number of carboxylic acid groups (broad SMARTS) is 1. The van der Waals surface area contributed by atoms with Gasteiger partial charge in [-0.25, -0.2) is 4.98 Å². The molecule has 1 unspecified atom stereocenters. The fourth-order valence-electron chi connectivity index (χ4n) is 4.17. The van der Waals surface area contributed by atoms with Crippen LogP contribution in [0.25, 0.3) is 11.1 Å². The van der Waals surface area contributed by atoms with Gasteiger partial charge in [0.2, 0.25) is 5.88 Å². The van der Waals surface area contributed by atoms with Gasteiger partial charge in [-0.15, -0.1) is 0 Å². The number of carboxylic acids is 1. The molecular weight excluding hydrogens is 449 g/mol. The highest BCUT2D eigenvalue weighted by atomic mass is 19.4. The fraction of sp³-hybridized carbons (Fsp3) is 0.280. The lowest BCUT2D eigenvalue weighted by Gasteiger charge is -2.19. The van der Waals surface area contributed by atoms with Gasteiger partial charge in [0.25, 0.3) is 0 Å². The molecule has 0 fully saturated rings. The molecule has 4 rings (SSSR count). The summed E-state index contributed by atoms with van der Waals surface area (Å²) in [4.78, 5) is 15.1. The van der Waals surface area contributed by atoms with Crippen LogP contribution in [0.15, 0.2) is 48.7 Å². The number of anilines is 1. The lowest BCUT2D eigenvalue weighted by atomic mass is 9.92. The minimum absolute atomic E-state index is 0.00643. The number of alkyl halides is 3. The van der Waals surface area contributed by atoms with Crippen LogP contribution in [0.2, 0.25) is 0 Å². The molecule has 0 amide bonds. The number of aromatic nitrogens is 1. The molecule has 0 spiro atoms. The molecule has 1 aromatic heterocycles. The minimum atomic E-state index is -4.52. The van der Waals surface area contributed by atoms with Crippen LogP contribution in [-0.2, 0) is 17.5 Å². The molecule has 2 N–H and O–H groups in total. The molecule has 6 nitrogen and oxygen atoms in total. The third kappa shape index (κ3) is 4.78. The average Bonchev–Trinajstić information content (AvgIpc) is 3.19. The zero-order valence-corrected chi connectivity index (χ0v) is 18.6. The Labute approximate surface area is 194 Å². The van der Waals surface area contributed by atoms with Crippen LogP contribution in [0.5, 0.6) is 11.6 Å². The van der Waals surface area contributed by atoms with Gasteiger partial charge in [-0.2, -0.15) is 13.2 Å². The average molecular weight is 472 g/mol. The predicted molar refractivity (Wildman–Crippen MR) is 120 cm³/mol. The van der Waals surface area contributed by atoms with Crippen LogP contribution in [0.3, 0.4) is 0 Å². The Hall–Kier alpha value is -3.75. The predicted octanol–water partition coefficient (Wildman–Crippen LogP) is 5.65. The lowest BCUT2D eigenvalue weighted by molar-refractivity contribution is -0.138. The van der Waals surface area contributed by atoms with Crippen LogP contribution in [0, 0.1) is 6.92 Å². The largest absolute Gasteiger partial charge is 0.493 e. The molecule has 9 heteroatoms. The van der Waals surface area contributed by atoms with Crippen molar-refractivity contribution < 1.29 is 32.5 Å². The van der Waals surface area contributed by atoms with Gasteiger partial charge in [0.1, 0.15) is 5.75 Å². The number of pyridine rings is 1. The summed E-state index contributed by atoms with van der Waals surface area (Å²) in [6.07, 6.45) is -3.15. The molecule has 34 heavy (non-hydrogen) atoms. The third-order valence-electron chi connectivity index (χ3n) is 5.91. The van der Waals surface area contributed by atoms with Gasteiger partial charge in [-0.3, -0.25) is 4.79 Å². The highest BCUT2D eigenvalue weighted by Gasteiger charge is 2.35. The van der Waals surface area contributed by atoms with Gasteiger partial charge in [-0.05, 0) is 41.8 Å². The monoisotopic (exact) mass is 472 g/mol. The molecule has 3 aromatic rings. The topological polar surface area (TPSA) is 80.7 Å². The Bertz CT molecular complexity index is 1210. The van der Waals surface area contributed by atoms with Crippen molar-refractivity contribution in [3.63, 3.8) is 0 Å². The van der Waals surface area contributed by atoms with Gasteiger partial charge < -0.3 is 19.9 Å². The van der Waals surface area contributed by atoms with Gasteiger partial charge in [-0.1, -0.05) is 12.1 Å². The Morgan fingerprint density at radius 3 is 2.68 bits per heavy atom. The van der Waals surface area contributed by atoms with E-state index in [1.54, 1.807) is 19.1 Å². The first-order valence-electron chi connectivity index (χ1n) is 10.6. The smallest absolute Gasteiger partial charge is 0.417 e. The van der Waals surface area contributed by atoms with Crippen molar-refractivity contribution in [1.29, 1.82) is 0 Å². The zero-order chi connectivity index (χ0) is 24.5. The first-order valence-corrected chi connectivity index (χ1v) is 10.6. The second kappa shape index (κ2) is 9.24. The van der Waals surface area contributed by atoms with E-state index in [4.69, 9.17) is 14.6 Å². The maximum atomic E-state index is 13.8. The number of rotatable bonds is 7. The maximum Gasteiger partial charge on any atom is 0.417 e. The van der Waals surface area contributed by atoms with Crippen molar-refractivity contribution in [2.75, 3.05) is 19.0 Å². The van der Waals surface area contributed by atoms with Crippen molar-refractivity contribution >= 4 is 11.7 Å². The molecule has 1 aliphatic heterocycles. The SMILES string of the molecule is COc1ccc(-c2c(C(F)(F)F)ccc(CNc3ccc4c(c3)OCC4CC(=O)O)c2C)cn1. The van der Waals surface area contributed by atoms with Crippen LogP contribution >= 0.6 is 0 Å². The highest BCUT2D eigenvalue weighted by Crippen LogP contribution is 2.41. The Morgan fingerprint density at radius 2 is 2.03 bits per heavy atom. The summed E-state index contributed by atoms with van der Waals surface area (Å²) in [7, 11) is 1.44. The molecule has 178 valence electrons. The maximum absolute atomic E-state index is 13.8. The molecule has 0 saturated carbocycles. The number of fused-ring (bicyclic) bond motifs is 1. The van der Waals surface area contributed by atoms with E-state index in [-0.39, 0.29) is 24.4 Å². The Kier molecular flexibility index (Phi) is 6.37. The quantitative estimate of drug-likeness (QED) is 0.463. The number of halogens is 3. The summed E-state index contributed by atoms with van der Waals surface area (Å²) >= 11 is 0. The summed E-state index contributed by atoms with van der Waals surface area (Å²) in [5.41, 5.74) is 2.46. The van der Waals surface area contributed by atoms with Crippen LogP contribution < -0.4 is 14.8 Å². The first-order chi connectivity index (χ1) is 16.2. The number of aliphatic carboxylic acids is 1. The molecule has 0 saturated heterocycles. The summed E-state index contributed by atoms with van der Waals surface area (Å²) < 4.78 is 52.0. The number of hydrogen-bond acceptors (Lipinski definition) is 5. The van der Waals surface area contributed by atoms with E-state index >= 15 is 0 Å². The number of ether oxygens (including phenoxy) is 2. The second-order valence-electron chi connectivity index (χ2n) is 8.07. The number of carbonyl (C=O) groups is 1. The summed E-state index contributed by atoms with van der Waals surface area (Å²) in [5.74, 6) is -0.147. The molecule has 2 aromatic carbocycles. The zero-order valence-electron chi connectivity index (χ0n) is 18.6. The van der Waals surface area contributed by atoms with Gasteiger partial charge in [0.15, 0.2) is 0 Å². The van der Waals surface area contributed by atoms with Crippen LogP contribution in [0.1, 0.15) is 34.6 Å². The van der Waals surface area contributed by atoms with Gasteiger partial charge in [0, 0.05) is 47.6 Å². The van der Waals surface area contributed by atoms with Crippen LogP contribution in [-0.4, -0.2) is 29.8 Å². The lowest BCUT2D eigenvalue weighted by Crippen LogP contribution is -2.11. The molecule has 2 heterocycles. The number of hydrogen-bond donors (Lipinski definition) is 2. The van der Waals surface area contributed by atoms with E-state index in [2.05, 4.69) is 10.3 Å². The molecule has 0 radical (unpaired) electrons. The number of methoxy groups -OCH3 is 1. The molecule has 0 bridgehead atoms. The van der Waals surface area contributed by atoms with E-state index < -0.39 is 17.7 Å². The second-order valence-corrected chi connectivity index (χ2v) is 8.07. The van der Waals surface area contributed by atoms with E-state index in [9.17, 15) is 18.0 Å². The first kappa shape index (κ1) is 23.4. The summed E-state index contributed by atoms with van der Waals surface area (Å²) in [6, 6.07) is 11.1. The highest BCUT2D eigenvalue weighted by molar-refractivity contribution is 5.73. The van der Waals surface area contributed by atoms with Crippen molar-refractivity contribution in [3.8, 4) is 22.8 Å². The van der Waals surface area contributed by atoms with Crippen molar-refractivity contribution in [1.82, 2.24) is 4.98 Å². The van der Waals surface area contributed by atoms with Crippen LogP contribution in [0.4, 0.5) is 18.9 Å². The summed E-state index contributed by atoms with van der Waals surface area (Å²) in [5, 5.41) is 12.3. The van der Waals surface area contributed by atoms with E-state index in [1.807, 2.05) is 12.1 Å². The van der Waals surface area contributed by atoms with E-state index in [0.29, 0.717) is 34.9 Å². The van der Waals surface area contributed by atoms with Crippen molar-refractivity contribution in [2.45, 2.75) is 32.0 Å². The number of nitrogens with one attached hydrogen (secondary N) is 1. The normalized spacial score (nSPS) is 14.9. The van der Waals surface area contributed by atoms with E-state index in [0.717, 1.165) is 17.3 Å². The number of benzene rings is 2. The summed E-state index contributed by atoms with van der Waals surface area (Å²) in [6.45, 7) is 2.26. The third-order valence-corrected chi connectivity index (χ3v) is 5.91. The van der Waals surface area contributed by atoms with E-state index in [1.165, 1.54) is 25.4 Å². The van der Waals surface area contributed by atoms with Gasteiger partial charge in [0.05, 0.1) is 25.7 Å². The standard InChI is InChI=1S/C25H23F3N2O4/c1-14-15(11-29-18-5-6-19-17(9-23(31)32)13-34-21(19)10-18)3-7-20(25(26,27)28)24(14)16-4-8-22(33-2)30-12-16/h3-8,10,12,17,29H,9,11,13H2,1-2H3,(H,31,32). The molecular formula is C25H23F3N2O4. The Morgan fingerprint density at radius 1 is 1.24 bits per heavy atom.